The highest BCUT2D eigenvalue weighted by Crippen LogP contribution is 2.12. The van der Waals surface area contributed by atoms with Gasteiger partial charge in [0.05, 0.1) is 18.4 Å². The van der Waals surface area contributed by atoms with Crippen LogP contribution in [0.25, 0.3) is 0 Å². The van der Waals surface area contributed by atoms with Crippen molar-refractivity contribution in [1.29, 1.82) is 0 Å². The SMILES string of the molecule is Cc1cc(NCCOC(N)=O)ncc1N. The molecule has 1 aromatic heterocycles. The normalized spacial score (nSPS) is 9.67. The number of nitrogens with two attached hydrogens (primary N) is 2. The Morgan fingerprint density at radius 2 is 2.40 bits per heavy atom. The monoisotopic (exact) mass is 210 g/mol. The molecule has 6 nitrogen and oxygen atoms in total. The van der Waals surface area contributed by atoms with E-state index >= 15 is 0 Å². The summed E-state index contributed by atoms with van der Waals surface area (Å²) >= 11 is 0. The lowest BCUT2D eigenvalue weighted by atomic mass is 10.2. The molecule has 0 aliphatic rings. The van der Waals surface area contributed by atoms with Crippen LogP contribution in [0.3, 0.4) is 0 Å². The summed E-state index contributed by atoms with van der Waals surface area (Å²) in [6, 6.07) is 1.82. The van der Waals surface area contributed by atoms with Gasteiger partial charge < -0.3 is 21.5 Å². The highest BCUT2D eigenvalue weighted by atomic mass is 16.5. The number of primary amides is 1. The molecule has 0 radical (unpaired) electrons. The van der Waals surface area contributed by atoms with Crippen molar-refractivity contribution in [2.24, 2.45) is 5.73 Å². The van der Waals surface area contributed by atoms with E-state index in [0.29, 0.717) is 18.1 Å². The molecule has 1 aromatic rings. The Balaban J connectivity index is 2.38. The number of nitrogens with zero attached hydrogens (tertiary/aromatic N) is 1. The highest BCUT2D eigenvalue weighted by molar-refractivity contribution is 5.64. The molecule has 6 heteroatoms. The minimum absolute atomic E-state index is 0.209. The second-order valence-corrected chi connectivity index (χ2v) is 3.02. The smallest absolute Gasteiger partial charge is 0.404 e. The zero-order valence-corrected chi connectivity index (χ0v) is 8.49. The second-order valence-electron chi connectivity index (χ2n) is 3.02. The van der Waals surface area contributed by atoms with E-state index in [1.807, 2.05) is 13.0 Å². The first-order chi connectivity index (χ1) is 7.09. The van der Waals surface area contributed by atoms with Gasteiger partial charge in [-0.2, -0.15) is 0 Å². The highest BCUT2D eigenvalue weighted by Gasteiger charge is 1.98. The van der Waals surface area contributed by atoms with Crippen molar-refractivity contribution in [2.75, 3.05) is 24.2 Å². The molecule has 15 heavy (non-hydrogen) atoms. The van der Waals surface area contributed by atoms with Crippen LogP contribution in [0.2, 0.25) is 0 Å². The van der Waals surface area contributed by atoms with Crippen LogP contribution in [0.1, 0.15) is 5.56 Å². The zero-order valence-electron chi connectivity index (χ0n) is 8.49. The third-order valence-electron chi connectivity index (χ3n) is 1.80. The maximum Gasteiger partial charge on any atom is 0.404 e. The number of pyridine rings is 1. The van der Waals surface area contributed by atoms with E-state index in [4.69, 9.17) is 11.5 Å². The number of aryl methyl sites for hydroxylation is 1. The summed E-state index contributed by atoms with van der Waals surface area (Å²) in [7, 11) is 0. The van der Waals surface area contributed by atoms with E-state index in [2.05, 4.69) is 15.0 Å². The maximum atomic E-state index is 10.2. The molecule has 0 bridgehead atoms. The number of nitrogens with one attached hydrogen (secondary N) is 1. The van der Waals surface area contributed by atoms with Gasteiger partial charge in [-0.1, -0.05) is 0 Å². The van der Waals surface area contributed by atoms with E-state index in [0.717, 1.165) is 5.56 Å². The molecule has 1 heterocycles. The summed E-state index contributed by atoms with van der Waals surface area (Å²) in [5.41, 5.74) is 12.0. The maximum absolute atomic E-state index is 10.2. The molecular weight excluding hydrogens is 196 g/mol. The molecule has 0 saturated carbocycles. The van der Waals surface area contributed by atoms with Crippen LogP contribution < -0.4 is 16.8 Å². The van der Waals surface area contributed by atoms with E-state index in [-0.39, 0.29) is 6.61 Å². The number of ether oxygens (including phenoxy) is 1. The van der Waals surface area contributed by atoms with Gasteiger partial charge in [0.15, 0.2) is 0 Å². The Hall–Kier alpha value is -1.98. The Morgan fingerprint density at radius 1 is 1.67 bits per heavy atom. The van der Waals surface area contributed by atoms with Crippen LogP contribution in [0, 0.1) is 6.92 Å². The molecule has 0 unspecified atom stereocenters. The fraction of sp³-hybridized carbons (Fsp3) is 0.333. The van der Waals surface area contributed by atoms with Crippen LogP contribution in [0.15, 0.2) is 12.3 Å². The molecule has 1 rings (SSSR count). The van der Waals surface area contributed by atoms with Crippen LogP contribution in [-0.4, -0.2) is 24.2 Å². The van der Waals surface area contributed by atoms with E-state index < -0.39 is 6.09 Å². The Morgan fingerprint density at radius 3 is 3.00 bits per heavy atom. The van der Waals surface area contributed by atoms with E-state index in [1.54, 1.807) is 6.20 Å². The molecule has 0 aliphatic carbocycles. The largest absolute Gasteiger partial charge is 0.448 e. The number of aromatic nitrogens is 1. The molecule has 0 aromatic carbocycles. The molecule has 5 N–H and O–H groups in total. The van der Waals surface area contributed by atoms with Crippen molar-refractivity contribution in [3.8, 4) is 0 Å². The van der Waals surface area contributed by atoms with Gasteiger partial charge in [-0.3, -0.25) is 0 Å². The van der Waals surface area contributed by atoms with Crippen LogP contribution in [0.5, 0.6) is 0 Å². The fourth-order valence-electron chi connectivity index (χ4n) is 0.994. The lowest BCUT2D eigenvalue weighted by Crippen LogP contribution is -2.18. The topological polar surface area (TPSA) is 103 Å². The van der Waals surface area contributed by atoms with Crippen molar-refractivity contribution in [3.63, 3.8) is 0 Å². The molecule has 0 saturated heterocycles. The van der Waals surface area contributed by atoms with E-state index in [1.165, 1.54) is 0 Å². The zero-order chi connectivity index (χ0) is 11.3. The average Bonchev–Trinajstić information content (AvgIpc) is 2.18. The summed E-state index contributed by atoms with van der Waals surface area (Å²) in [5.74, 6) is 0.690. The fourth-order valence-corrected chi connectivity index (χ4v) is 0.994. The number of nitrogen functional groups attached to an aromatic ring is 1. The lowest BCUT2D eigenvalue weighted by Gasteiger charge is -2.07. The minimum atomic E-state index is -0.779. The first kappa shape index (κ1) is 11.1. The third-order valence-corrected chi connectivity index (χ3v) is 1.80. The number of carbonyl (C=O) groups is 1. The Kier molecular flexibility index (Phi) is 3.73. The molecule has 1 amide bonds. The van der Waals surface area contributed by atoms with Crippen molar-refractivity contribution < 1.29 is 9.53 Å². The first-order valence-electron chi connectivity index (χ1n) is 4.48. The van der Waals surface area contributed by atoms with Gasteiger partial charge in [-0.05, 0) is 18.6 Å². The number of carbonyl (C=O) groups excluding carboxylic acids is 1. The predicted octanol–water partition coefficient (Wildman–Crippen LogP) is 0.479. The number of rotatable bonds is 4. The summed E-state index contributed by atoms with van der Waals surface area (Å²) < 4.78 is 4.54. The summed E-state index contributed by atoms with van der Waals surface area (Å²) in [5, 5.41) is 2.97. The van der Waals surface area contributed by atoms with Gasteiger partial charge in [0.2, 0.25) is 0 Å². The summed E-state index contributed by atoms with van der Waals surface area (Å²) in [4.78, 5) is 14.3. The van der Waals surface area contributed by atoms with Crippen molar-refractivity contribution in [3.05, 3.63) is 17.8 Å². The molecule has 82 valence electrons. The third kappa shape index (κ3) is 3.72. The van der Waals surface area contributed by atoms with Gasteiger partial charge in [0.1, 0.15) is 12.4 Å². The van der Waals surface area contributed by atoms with Crippen LogP contribution in [0.4, 0.5) is 16.3 Å². The van der Waals surface area contributed by atoms with Gasteiger partial charge >= 0.3 is 6.09 Å². The van der Waals surface area contributed by atoms with Gasteiger partial charge in [-0.15, -0.1) is 0 Å². The molecule has 0 atom stereocenters. The minimum Gasteiger partial charge on any atom is -0.448 e. The van der Waals surface area contributed by atoms with Gasteiger partial charge in [-0.25, -0.2) is 9.78 Å². The number of anilines is 2. The Labute approximate surface area is 87.6 Å². The quantitative estimate of drug-likeness (QED) is 0.627. The van der Waals surface area contributed by atoms with Gasteiger partial charge in [0, 0.05) is 0 Å². The van der Waals surface area contributed by atoms with Crippen molar-refractivity contribution in [2.45, 2.75) is 6.92 Å². The predicted molar refractivity (Wildman–Crippen MR) is 57.4 cm³/mol. The lowest BCUT2D eigenvalue weighted by molar-refractivity contribution is 0.161. The van der Waals surface area contributed by atoms with Crippen molar-refractivity contribution >= 4 is 17.6 Å². The van der Waals surface area contributed by atoms with Gasteiger partial charge in [0.25, 0.3) is 0 Å². The molecule has 0 aliphatic heterocycles. The molecule has 0 fully saturated rings. The average molecular weight is 210 g/mol. The van der Waals surface area contributed by atoms with E-state index in [9.17, 15) is 4.79 Å². The molecule has 0 spiro atoms. The molecular formula is C9H14N4O2. The summed E-state index contributed by atoms with van der Waals surface area (Å²) in [6.07, 6.45) is 0.797. The number of hydrogen-bond donors (Lipinski definition) is 3. The number of hydrogen-bond acceptors (Lipinski definition) is 5. The standard InChI is InChI=1S/C9H14N4O2/c1-6-4-8(13-5-7(6)10)12-2-3-15-9(11)14/h4-5H,2-3,10H2,1H3,(H2,11,14)(H,12,13). The van der Waals surface area contributed by atoms with Crippen LogP contribution >= 0.6 is 0 Å². The van der Waals surface area contributed by atoms with Crippen LogP contribution in [-0.2, 0) is 4.74 Å². The van der Waals surface area contributed by atoms with Crippen molar-refractivity contribution in [1.82, 2.24) is 4.98 Å². The number of amides is 1. The first-order valence-corrected chi connectivity index (χ1v) is 4.48. The summed E-state index contributed by atoms with van der Waals surface area (Å²) in [6.45, 7) is 2.56. The Bertz CT molecular complexity index is 354. The second kappa shape index (κ2) is 5.04.